The number of pyridine rings is 1. The number of carbonyl (C=O) groups excluding carboxylic acids is 4. The summed E-state index contributed by atoms with van der Waals surface area (Å²) in [6.07, 6.45) is 11.8. The average Bonchev–Trinajstić information content (AvgIpc) is 4.42. The highest BCUT2D eigenvalue weighted by molar-refractivity contribution is 7.22. The highest BCUT2D eigenvalue weighted by Gasteiger charge is 2.45. The van der Waals surface area contributed by atoms with E-state index in [1.165, 1.54) is 22.7 Å². The molecule has 19 heteroatoms. The number of fused-ring (bicyclic) bond motifs is 2. The number of nitrogens with zero attached hydrogens (tertiary/aromatic N) is 7. The lowest BCUT2D eigenvalue weighted by atomic mass is 9.85. The molecule has 84 heavy (non-hydrogen) atoms. The van der Waals surface area contributed by atoms with Crippen molar-refractivity contribution in [1.29, 1.82) is 0 Å². The number of nitrogens with one attached hydrogen (secondary N) is 3. The zero-order valence-electron chi connectivity index (χ0n) is 49.5. The highest BCUT2D eigenvalue weighted by Crippen LogP contribution is 2.35. The van der Waals surface area contributed by atoms with Gasteiger partial charge in [0, 0.05) is 61.4 Å². The molecule has 6 heterocycles. The third-order valence-corrected chi connectivity index (χ3v) is 18.4. The van der Waals surface area contributed by atoms with E-state index in [1.54, 1.807) is 11.3 Å². The van der Waals surface area contributed by atoms with E-state index in [2.05, 4.69) is 25.9 Å². The minimum Gasteiger partial charge on any atom is -0.476 e. The predicted molar refractivity (Wildman–Crippen MR) is 332 cm³/mol. The Morgan fingerprint density at radius 2 is 1.50 bits per heavy atom. The predicted octanol–water partition coefficient (Wildman–Crippen LogP) is 12.2. The van der Waals surface area contributed by atoms with Gasteiger partial charge in [0.25, 0.3) is 5.91 Å². The van der Waals surface area contributed by atoms with Crippen molar-refractivity contribution in [2.45, 2.75) is 176 Å². The molecule has 9 rings (SSSR count). The second-order valence-corrected chi connectivity index (χ2v) is 25.6. The van der Waals surface area contributed by atoms with Crippen LogP contribution in [0.1, 0.15) is 172 Å². The molecule has 0 saturated carbocycles. The highest BCUT2D eigenvalue weighted by atomic mass is 32.1. The lowest BCUT2D eigenvalue weighted by Gasteiger charge is -2.35. The number of carboxylic acids is 1. The lowest BCUT2D eigenvalue weighted by molar-refractivity contribution is -0.144. The van der Waals surface area contributed by atoms with Crippen LogP contribution in [0.15, 0.2) is 84.4 Å². The third-order valence-electron chi connectivity index (χ3n) is 16.4. The number of anilines is 2. The number of amides is 4. The molecule has 0 radical (unpaired) electrons. The number of likely N-dealkylation sites (tertiary alicyclic amines) is 1. The summed E-state index contributed by atoms with van der Waals surface area (Å²) in [6, 6.07) is 23.2. The number of carbonyl (C=O) groups is 5. The molecule has 1 saturated heterocycles. The van der Waals surface area contributed by atoms with Crippen molar-refractivity contribution in [1.82, 2.24) is 40.3 Å². The van der Waals surface area contributed by atoms with Crippen molar-refractivity contribution >= 4 is 73.4 Å². The fraction of sp³-hybridized carbons (Fsp3) is 0.462. The Morgan fingerprint density at radius 3 is 2.18 bits per heavy atom. The van der Waals surface area contributed by atoms with Crippen LogP contribution < -0.4 is 20.9 Å². The number of carboxylic acid groups (broad SMARTS) is 1. The van der Waals surface area contributed by atoms with Crippen molar-refractivity contribution in [3.05, 3.63) is 129 Å². The van der Waals surface area contributed by atoms with E-state index in [-0.39, 0.29) is 48.3 Å². The maximum atomic E-state index is 14.2. The van der Waals surface area contributed by atoms with Crippen LogP contribution in [0, 0.1) is 26.2 Å². The largest absolute Gasteiger partial charge is 0.476 e. The normalized spacial score (nSPS) is 15.9. The van der Waals surface area contributed by atoms with Gasteiger partial charge >= 0.3 is 5.97 Å². The van der Waals surface area contributed by atoms with Gasteiger partial charge in [-0.05, 0) is 105 Å². The molecule has 4 atom stereocenters. The van der Waals surface area contributed by atoms with Gasteiger partial charge in [-0.3, -0.25) is 29.2 Å². The van der Waals surface area contributed by atoms with Gasteiger partial charge in [0.15, 0.2) is 10.8 Å². The molecule has 0 unspecified atom stereocenters. The van der Waals surface area contributed by atoms with Crippen LogP contribution in [0.25, 0.3) is 31.8 Å². The minimum atomic E-state index is -1.11. The van der Waals surface area contributed by atoms with E-state index in [0.717, 1.165) is 131 Å². The summed E-state index contributed by atoms with van der Waals surface area (Å²) in [7, 11) is 0. The Labute approximate surface area is 500 Å². The van der Waals surface area contributed by atoms with Gasteiger partial charge in [-0.15, -0.1) is 11.3 Å². The van der Waals surface area contributed by atoms with E-state index >= 15 is 0 Å². The number of hydrogen-bond donors (Lipinski definition) is 5. The molecule has 2 aliphatic rings. The summed E-state index contributed by atoms with van der Waals surface area (Å²) in [6.45, 7) is 15.3. The Kier molecular flexibility index (Phi) is 20.1. The smallest absolute Gasteiger partial charge is 0.355 e. The fourth-order valence-corrected chi connectivity index (χ4v) is 13.4. The summed E-state index contributed by atoms with van der Waals surface area (Å²) >= 11 is 3.01. The molecular weight excluding hydrogens is 1100 g/mol. The van der Waals surface area contributed by atoms with Crippen molar-refractivity contribution in [2.24, 2.45) is 5.41 Å². The molecule has 4 aromatic heterocycles. The molecular formula is C65H80N10O7S2. The molecule has 0 spiro atoms. The van der Waals surface area contributed by atoms with Crippen LogP contribution >= 0.6 is 22.7 Å². The van der Waals surface area contributed by atoms with E-state index in [4.69, 9.17) is 10.1 Å². The summed E-state index contributed by atoms with van der Waals surface area (Å²) in [5, 5.41) is 35.7. The van der Waals surface area contributed by atoms with Crippen molar-refractivity contribution in [3.63, 3.8) is 0 Å². The quantitative estimate of drug-likeness (QED) is 0.0337. The number of β-amino-alcohol motifs (C(OH)–C–C–N with tert-alkyl or cyclic N) is 1. The summed E-state index contributed by atoms with van der Waals surface area (Å²) in [5.74, 6) is -1.69. The number of aromatic nitrogens is 5. The molecule has 7 aromatic rings. The van der Waals surface area contributed by atoms with E-state index < -0.39 is 29.6 Å². The first kappa shape index (κ1) is 61.2. The Hall–Kier alpha value is -7.35. The van der Waals surface area contributed by atoms with Crippen LogP contribution in [0.3, 0.4) is 0 Å². The zero-order valence-corrected chi connectivity index (χ0v) is 51.1. The van der Waals surface area contributed by atoms with E-state index in [1.807, 2.05) is 142 Å². The number of rotatable bonds is 25. The summed E-state index contributed by atoms with van der Waals surface area (Å²) in [5.41, 5.74) is 10.5. The van der Waals surface area contributed by atoms with Crippen molar-refractivity contribution < 1.29 is 34.2 Å². The molecule has 0 bridgehead atoms. The number of benzene rings is 3. The minimum absolute atomic E-state index is 0.0256. The Bertz CT molecular complexity index is 3440. The summed E-state index contributed by atoms with van der Waals surface area (Å²) in [4.78, 5) is 86.0. The van der Waals surface area contributed by atoms with Gasteiger partial charge in [-0.2, -0.15) is 5.10 Å². The molecule has 3 aromatic carbocycles. The van der Waals surface area contributed by atoms with Gasteiger partial charge in [-0.1, -0.05) is 138 Å². The standard InChI is InChI=1S/C65H80N10O7S2/c1-40(44-27-29-46(30-28-44)58-42(3)66-39-83-58)67-61(79)52-36-47(76)37-74(52)62(80)59(65(5,6)7)70-55(77)26-17-15-13-11-9-8-10-12-14-16-20-34-75-43(4)56(41(2)72-75)49-31-32-54(69-57(49)63(81)82)73-35-33-45-22-21-23-48(50(45)38-73)60(78)71-64-68-51-24-18-19-25-53(51)84-64/h18-19,21-25,27-32,39-40,47,52,59,76H,8-17,20,26,33-38H2,1-7H3,(H,67,79)(H,70,77)(H,81,82)(H,68,71,78)/t40-,47+,52-,59+/m0/s1. The first-order valence-corrected chi connectivity index (χ1v) is 31.4. The molecule has 2 aliphatic heterocycles. The number of unbranched alkanes of at least 4 members (excludes halogenated alkanes) is 10. The van der Waals surface area contributed by atoms with Crippen LogP contribution in [0.5, 0.6) is 0 Å². The maximum absolute atomic E-state index is 14.2. The topological polar surface area (TPSA) is 225 Å². The molecule has 1 fully saturated rings. The number of aromatic carboxylic acids is 1. The number of thiazole rings is 2. The van der Waals surface area contributed by atoms with Crippen molar-refractivity contribution in [2.75, 3.05) is 23.3 Å². The molecule has 5 N–H and O–H groups in total. The van der Waals surface area contributed by atoms with Gasteiger partial charge in [0.2, 0.25) is 17.7 Å². The molecule has 0 aliphatic carbocycles. The first-order chi connectivity index (χ1) is 40.3. The fourth-order valence-electron chi connectivity index (χ4n) is 11.8. The Balaban J connectivity index is 0.664. The number of aryl methyl sites for hydroxylation is 3. The van der Waals surface area contributed by atoms with Crippen molar-refractivity contribution in [3.8, 4) is 21.6 Å². The van der Waals surface area contributed by atoms with Gasteiger partial charge < -0.3 is 30.6 Å². The van der Waals surface area contributed by atoms with Gasteiger partial charge in [0.05, 0.1) is 44.1 Å². The molecule has 17 nitrogen and oxygen atoms in total. The summed E-state index contributed by atoms with van der Waals surface area (Å²) < 4.78 is 2.99. The number of aliphatic hydroxyl groups is 1. The zero-order chi connectivity index (χ0) is 59.7. The van der Waals surface area contributed by atoms with Crippen LogP contribution in [-0.2, 0) is 33.9 Å². The number of aliphatic hydroxyl groups excluding tert-OH is 1. The van der Waals surface area contributed by atoms with Gasteiger partial charge in [0.1, 0.15) is 17.9 Å². The third kappa shape index (κ3) is 14.8. The first-order valence-electron chi connectivity index (χ1n) is 29.7. The molecule has 4 amide bonds. The Morgan fingerprint density at radius 1 is 0.798 bits per heavy atom. The average molecular weight is 1180 g/mol. The lowest BCUT2D eigenvalue weighted by Crippen LogP contribution is -2.57. The SMILES string of the molecule is Cc1ncsc1-c1ccc([C@H](C)NC(=O)[C@@H]2C[C@@H](O)CN2C(=O)[C@@H](NC(=O)CCCCCCCCCCCCCn2nc(C)c(-c3ccc(N4CCc5cccc(C(=O)Nc6nc7ccccc7s6)c5C4)nc3C(=O)O)c2C)C(C)(C)C)cc1. The second kappa shape index (κ2) is 27.6. The van der Waals surface area contributed by atoms with Crippen LogP contribution in [-0.4, -0.2) is 101 Å². The van der Waals surface area contributed by atoms with Crippen LogP contribution in [0.4, 0.5) is 10.9 Å². The number of para-hydroxylation sites is 1. The number of hydrogen-bond acceptors (Lipinski definition) is 13. The van der Waals surface area contributed by atoms with E-state index in [0.29, 0.717) is 48.0 Å². The maximum Gasteiger partial charge on any atom is 0.355 e. The monoisotopic (exact) mass is 1180 g/mol. The van der Waals surface area contributed by atoms with E-state index in [9.17, 15) is 34.2 Å². The molecule has 444 valence electrons. The van der Waals surface area contributed by atoms with Crippen LogP contribution in [0.2, 0.25) is 0 Å². The second-order valence-electron chi connectivity index (χ2n) is 23.7. The van der Waals surface area contributed by atoms with Gasteiger partial charge in [-0.25, -0.2) is 19.7 Å².